The second kappa shape index (κ2) is 10.4. The molecule has 32 heavy (non-hydrogen) atoms. The zero-order valence-electron chi connectivity index (χ0n) is 18.8. The van der Waals surface area contributed by atoms with E-state index in [4.69, 9.17) is 11.6 Å². The van der Waals surface area contributed by atoms with Crippen LogP contribution in [-0.2, 0) is 9.59 Å². The van der Waals surface area contributed by atoms with E-state index in [1.807, 2.05) is 81.4 Å². The van der Waals surface area contributed by atoms with Crippen molar-refractivity contribution in [2.45, 2.75) is 26.8 Å². The van der Waals surface area contributed by atoms with Gasteiger partial charge >= 0.3 is 0 Å². The van der Waals surface area contributed by atoms with E-state index < -0.39 is 6.04 Å². The van der Waals surface area contributed by atoms with Gasteiger partial charge in [0.25, 0.3) is 0 Å². The molecule has 3 rings (SSSR count). The second-order valence-electron chi connectivity index (χ2n) is 7.98. The summed E-state index contributed by atoms with van der Waals surface area (Å²) in [5, 5.41) is 6.48. The standard InChI is InChI=1S/C26H28ClN3O2/c1-17-9-8-12-23(19(17)3)29-24(31)16-30(4)25(20-10-6-5-7-11-20)26(32)28-21-14-13-18(2)22(27)15-21/h5-15,25H,16H2,1-4H3,(H,28,32)(H,29,31)/t25-/m1/s1. The highest BCUT2D eigenvalue weighted by atomic mass is 35.5. The molecule has 0 aliphatic heterocycles. The number of carbonyl (C=O) groups is 2. The van der Waals surface area contributed by atoms with Crippen molar-refractivity contribution >= 4 is 34.8 Å². The molecule has 0 aliphatic rings. The average Bonchev–Trinajstić information content (AvgIpc) is 2.75. The van der Waals surface area contributed by atoms with E-state index in [0.717, 1.165) is 27.9 Å². The molecule has 2 amide bonds. The van der Waals surface area contributed by atoms with Gasteiger partial charge in [0.15, 0.2) is 0 Å². The summed E-state index contributed by atoms with van der Waals surface area (Å²) in [6, 6.07) is 19.9. The average molecular weight is 450 g/mol. The van der Waals surface area contributed by atoms with Crippen molar-refractivity contribution in [2.75, 3.05) is 24.2 Å². The Labute approximate surface area is 194 Å². The van der Waals surface area contributed by atoms with E-state index in [9.17, 15) is 9.59 Å². The number of benzene rings is 3. The van der Waals surface area contributed by atoms with Crippen LogP contribution in [-0.4, -0.2) is 30.3 Å². The van der Waals surface area contributed by atoms with Crippen molar-refractivity contribution in [1.82, 2.24) is 4.90 Å². The van der Waals surface area contributed by atoms with Crippen LogP contribution < -0.4 is 10.6 Å². The lowest BCUT2D eigenvalue weighted by molar-refractivity contribution is -0.123. The normalized spacial score (nSPS) is 11.8. The SMILES string of the molecule is Cc1ccc(NC(=O)[C@@H](c2ccccc2)N(C)CC(=O)Nc2cccc(C)c2C)cc1Cl. The smallest absolute Gasteiger partial charge is 0.246 e. The zero-order chi connectivity index (χ0) is 23.3. The summed E-state index contributed by atoms with van der Waals surface area (Å²) >= 11 is 6.21. The van der Waals surface area contributed by atoms with Gasteiger partial charge in [-0.2, -0.15) is 0 Å². The van der Waals surface area contributed by atoms with Crippen LogP contribution in [0.4, 0.5) is 11.4 Å². The highest BCUT2D eigenvalue weighted by Gasteiger charge is 2.27. The second-order valence-corrected chi connectivity index (χ2v) is 8.38. The van der Waals surface area contributed by atoms with E-state index in [1.54, 1.807) is 18.0 Å². The summed E-state index contributed by atoms with van der Waals surface area (Å²) < 4.78 is 0. The van der Waals surface area contributed by atoms with Crippen molar-refractivity contribution in [1.29, 1.82) is 0 Å². The molecule has 2 N–H and O–H groups in total. The maximum absolute atomic E-state index is 13.3. The van der Waals surface area contributed by atoms with Gasteiger partial charge in [0.05, 0.1) is 6.54 Å². The fourth-order valence-electron chi connectivity index (χ4n) is 3.52. The molecule has 3 aromatic carbocycles. The topological polar surface area (TPSA) is 61.4 Å². The maximum atomic E-state index is 13.3. The summed E-state index contributed by atoms with van der Waals surface area (Å²) in [6.45, 7) is 5.93. The van der Waals surface area contributed by atoms with E-state index >= 15 is 0 Å². The number of nitrogens with one attached hydrogen (secondary N) is 2. The van der Waals surface area contributed by atoms with Crippen LogP contribution in [0.1, 0.15) is 28.3 Å². The van der Waals surface area contributed by atoms with Gasteiger partial charge in [0.2, 0.25) is 11.8 Å². The zero-order valence-corrected chi connectivity index (χ0v) is 19.5. The van der Waals surface area contributed by atoms with Crippen LogP contribution in [0.25, 0.3) is 0 Å². The van der Waals surface area contributed by atoms with E-state index in [-0.39, 0.29) is 18.4 Å². The van der Waals surface area contributed by atoms with Gasteiger partial charge in [-0.25, -0.2) is 0 Å². The van der Waals surface area contributed by atoms with Crippen LogP contribution in [0.15, 0.2) is 66.7 Å². The highest BCUT2D eigenvalue weighted by Crippen LogP contribution is 2.25. The van der Waals surface area contributed by atoms with Gasteiger partial charge in [0, 0.05) is 16.4 Å². The number of amides is 2. The summed E-state index contributed by atoms with van der Waals surface area (Å²) in [5.41, 5.74) is 5.25. The number of aryl methyl sites for hydroxylation is 2. The van der Waals surface area contributed by atoms with Gasteiger partial charge in [-0.15, -0.1) is 0 Å². The monoisotopic (exact) mass is 449 g/mol. The number of carbonyl (C=O) groups excluding carboxylic acids is 2. The van der Waals surface area contributed by atoms with Crippen LogP contribution in [0.5, 0.6) is 0 Å². The van der Waals surface area contributed by atoms with E-state index in [0.29, 0.717) is 10.7 Å². The van der Waals surface area contributed by atoms with Crippen molar-refractivity contribution < 1.29 is 9.59 Å². The molecule has 6 heteroatoms. The Hall–Kier alpha value is -3.15. The third-order valence-corrected chi connectivity index (χ3v) is 5.92. The van der Waals surface area contributed by atoms with E-state index in [1.165, 1.54) is 0 Å². The van der Waals surface area contributed by atoms with Gasteiger partial charge in [-0.05, 0) is 68.3 Å². The molecule has 0 unspecified atom stereocenters. The Balaban J connectivity index is 1.78. The summed E-state index contributed by atoms with van der Waals surface area (Å²) in [6.07, 6.45) is 0. The predicted octanol–water partition coefficient (Wildman–Crippen LogP) is 5.52. The molecular weight excluding hydrogens is 422 g/mol. The number of nitrogens with zero attached hydrogens (tertiary/aromatic N) is 1. The number of halogens is 1. The van der Waals surface area contributed by atoms with Crippen LogP contribution in [0.3, 0.4) is 0 Å². The minimum atomic E-state index is -0.652. The van der Waals surface area contributed by atoms with Gasteiger partial charge in [-0.3, -0.25) is 14.5 Å². The van der Waals surface area contributed by atoms with Gasteiger partial charge in [-0.1, -0.05) is 60.1 Å². The molecule has 166 valence electrons. The molecule has 0 radical (unpaired) electrons. The van der Waals surface area contributed by atoms with Crippen molar-refractivity contribution in [3.63, 3.8) is 0 Å². The van der Waals surface area contributed by atoms with Crippen LogP contribution in [0, 0.1) is 20.8 Å². The Bertz CT molecular complexity index is 1120. The number of rotatable bonds is 7. The lowest BCUT2D eigenvalue weighted by Crippen LogP contribution is -2.39. The first-order valence-corrected chi connectivity index (χ1v) is 10.8. The Kier molecular flexibility index (Phi) is 7.67. The molecule has 0 heterocycles. The fourth-order valence-corrected chi connectivity index (χ4v) is 3.70. The number of hydrogen-bond donors (Lipinski definition) is 2. The molecule has 0 bridgehead atoms. The lowest BCUT2D eigenvalue weighted by Gasteiger charge is -2.27. The first-order chi connectivity index (χ1) is 15.3. The van der Waals surface area contributed by atoms with E-state index in [2.05, 4.69) is 10.6 Å². The molecule has 0 spiro atoms. The molecule has 0 saturated carbocycles. The molecule has 0 fully saturated rings. The Morgan fingerprint density at radius 1 is 0.906 bits per heavy atom. The number of hydrogen-bond acceptors (Lipinski definition) is 3. The lowest BCUT2D eigenvalue weighted by atomic mass is 10.0. The van der Waals surface area contributed by atoms with Crippen molar-refractivity contribution in [3.05, 3.63) is 94.0 Å². The summed E-state index contributed by atoms with van der Waals surface area (Å²) in [5.74, 6) is -0.425. The third-order valence-electron chi connectivity index (χ3n) is 5.52. The number of anilines is 2. The largest absolute Gasteiger partial charge is 0.325 e. The van der Waals surface area contributed by atoms with Gasteiger partial charge in [0.1, 0.15) is 6.04 Å². The minimum Gasteiger partial charge on any atom is -0.325 e. The molecule has 0 saturated heterocycles. The summed E-state index contributed by atoms with van der Waals surface area (Å²) in [4.78, 5) is 27.8. The number of likely N-dealkylation sites (N-methyl/N-ethyl adjacent to an activating group) is 1. The maximum Gasteiger partial charge on any atom is 0.246 e. The highest BCUT2D eigenvalue weighted by molar-refractivity contribution is 6.31. The fraction of sp³-hybridized carbons (Fsp3) is 0.231. The molecule has 3 aromatic rings. The van der Waals surface area contributed by atoms with Gasteiger partial charge < -0.3 is 10.6 Å². The molecule has 5 nitrogen and oxygen atoms in total. The van der Waals surface area contributed by atoms with Crippen LogP contribution >= 0.6 is 11.6 Å². The Morgan fingerprint density at radius 3 is 2.31 bits per heavy atom. The first-order valence-electron chi connectivity index (χ1n) is 10.4. The first kappa shape index (κ1) is 23.5. The quantitative estimate of drug-likeness (QED) is 0.499. The predicted molar refractivity (Wildman–Crippen MR) is 131 cm³/mol. The van der Waals surface area contributed by atoms with Crippen molar-refractivity contribution in [2.24, 2.45) is 0 Å². The molecular formula is C26H28ClN3O2. The van der Waals surface area contributed by atoms with Crippen molar-refractivity contribution in [3.8, 4) is 0 Å². The van der Waals surface area contributed by atoms with Crippen LogP contribution in [0.2, 0.25) is 5.02 Å². The molecule has 1 atom stereocenters. The minimum absolute atomic E-state index is 0.0506. The third kappa shape index (κ3) is 5.75. The molecule has 0 aromatic heterocycles. The Morgan fingerprint density at radius 2 is 1.62 bits per heavy atom. The summed E-state index contributed by atoms with van der Waals surface area (Å²) in [7, 11) is 1.77. The molecule has 0 aliphatic carbocycles.